The Morgan fingerprint density at radius 3 is 2.00 bits per heavy atom. The van der Waals surface area contributed by atoms with Gasteiger partial charge in [0.15, 0.2) is 0 Å². The predicted octanol–water partition coefficient (Wildman–Crippen LogP) is 2.31. The molecule has 1 N–H and O–H groups in total. The van der Waals surface area contributed by atoms with Crippen LogP contribution in [0.1, 0.15) is 33.6 Å². The van der Waals surface area contributed by atoms with Gasteiger partial charge in [-0.3, -0.25) is 4.79 Å². The second kappa shape index (κ2) is 4.29. The largest absolute Gasteiger partial charge is 0.414 e. The van der Waals surface area contributed by atoms with Crippen molar-refractivity contribution in [3.8, 4) is 0 Å². The zero-order valence-electron chi connectivity index (χ0n) is 8.48. The van der Waals surface area contributed by atoms with Gasteiger partial charge in [-0.25, -0.2) is 0 Å². The maximum Gasteiger partial charge on any atom is 0.414 e. The molecule has 0 fully saturated rings. The van der Waals surface area contributed by atoms with Gasteiger partial charge < -0.3 is 5.11 Å². The Kier molecular flexibility index (Phi) is 4.12. The van der Waals surface area contributed by atoms with Crippen molar-refractivity contribution >= 4 is 5.78 Å². The van der Waals surface area contributed by atoms with Gasteiger partial charge in [0.2, 0.25) is 0 Å². The average Bonchev–Trinajstić information content (AvgIpc) is 1.95. The third kappa shape index (κ3) is 4.60. The summed E-state index contributed by atoms with van der Waals surface area (Å²) in [5.74, 6) is -0.277. The molecule has 0 saturated carbocycles. The Morgan fingerprint density at radius 1 is 1.29 bits per heavy atom. The molecule has 0 bridgehead atoms. The zero-order valence-corrected chi connectivity index (χ0v) is 8.48. The van der Waals surface area contributed by atoms with E-state index in [-0.39, 0.29) is 12.2 Å². The van der Waals surface area contributed by atoms with Crippen LogP contribution in [0.25, 0.3) is 0 Å². The number of rotatable bonds is 3. The van der Waals surface area contributed by atoms with Gasteiger partial charge in [-0.15, -0.1) is 0 Å². The van der Waals surface area contributed by atoms with Gasteiger partial charge in [0.1, 0.15) is 11.9 Å². The lowest BCUT2D eigenvalue weighted by Crippen LogP contribution is -2.30. The highest BCUT2D eigenvalue weighted by molar-refractivity contribution is 5.83. The number of halogens is 3. The molecule has 1 atom stereocenters. The molecule has 84 valence electrons. The van der Waals surface area contributed by atoms with Crippen LogP contribution in [0.2, 0.25) is 0 Å². The summed E-state index contributed by atoms with van der Waals surface area (Å²) < 4.78 is 35.5. The van der Waals surface area contributed by atoms with Gasteiger partial charge in [-0.1, -0.05) is 20.8 Å². The average molecular weight is 212 g/mol. The summed E-state index contributed by atoms with van der Waals surface area (Å²) in [5, 5.41) is 8.62. The van der Waals surface area contributed by atoms with E-state index in [0.29, 0.717) is 0 Å². The first-order chi connectivity index (χ1) is 6.05. The number of hydrogen-bond donors (Lipinski definition) is 1. The molecule has 1 unspecified atom stereocenters. The van der Waals surface area contributed by atoms with E-state index < -0.39 is 24.1 Å². The van der Waals surface area contributed by atoms with E-state index in [9.17, 15) is 18.0 Å². The van der Waals surface area contributed by atoms with Crippen LogP contribution in [0.5, 0.6) is 0 Å². The van der Waals surface area contributed by atoms with E-state index in [2.05, 4.69) is 0 Å². The first kappa shape index (κ1) is 13.4. The molecule has 0 aliphatic rings. The molecular formula is C9H15F3O2. The highest BCUT2D eigenvalue weighted by Gasteiger charge is 2.38. The summed E-state index contributed by atoms with van der Waals surface area (Å²) in [6.07, 6.45) is -7.82. The molecule has 0 rings (SSSR count). The van der Waals surface area contributed by atoms with Crippen molar-refractivity contribution < 1.29 is 23.1 Å². The number of carbonyl (C=O) groups is 1. The Bertz CT molecular complexity index is 203. The van der Waals surface area contributed by atoms with Crippen LogP contribution in [-0.2, 0) is 4.79 Å². The van der Waals surface area contributed by atoms with Crippen molar-refractivity contribution in [2.75, 3.05) is 0 Å². The van der Waals surface area contributed by atoms with Gasteiger partial charge >= 0.3 is 6.18 Å². The third-order valence-electron chi connectivity index (χ3n) is 1.86. The zero-order chi connectivity index (χ0) is 11.6. The quantitative estimate of drug-likeness (QED) is 0.779. The first-order valence-electron chi connectivity index (χ1n) is 4.33. The number of Topliss-reactive ketones (excluding diaryl/α,β-unsaturated/α-hetero) is 1. The lowest BCUT2D eigenvalue weighted by molar-refractivity contribution is -0.205. The standard InChI is InChI=1S/C9H15F3O2/c1-8(2,3)6(13)4-5-7(14)9(10,11)12/h7,14H,4-5H2,1-3H3. The molecule has 0 amide bonds. The fraction of sp³-hybridized carbons (Fsp3) is 0.889. The third-order valence-corrected chi connectivity index (χ3v) is 1.86. The van der Waals surface area contributed by atoms with Crippen molar-refractivity contribution in [1.82, 2.24) is 0 Å². The molecule has 14 heavy (non-hydrogen) atoms. The van der Waals surface area contributed by atoms with Crippen molar-refractivity contribution in [3.05, 3.63) is 0 Å². The molecule has 2 nitrogen and oxygen atoms in total. The van der Waals surface area contributed by atoms with Crippen LogP contribution in [0.4, 0.5) is 13.2 Å². The molecule has 0 radical (unpaired) electrons. The predicted molar refractivity (Wildman–Crippen MR) is 45.8 cm³/mol. The lowest BCUT2D eigenvalue weighted by Gasteiger charge is -2.18. The summed E-state index contributed by atoms with van der Waals surface area (Å²) in [6, 6.07) is 0. The smallest absolute Gasteiger partial charge is 0.384 e. The molecule has 0 heterocycles. The van der Waals surface area contributed by atoms with E-state index in [1.54, 1.807) is 20.8 Å². The van der Waals surface area contributed by atoms with Crippen LogP contribution in [0, 0.1) is 5.41 Å². The highest BCUT2D eigenvalue weighted by atomic mass is 19.4. The van der Waals surface area contributed by atoms with Crippen molar-refractivity contribution in [2.24, 2.45) is 5.41 Å². The van der Waals surface area contributed by atoms with Crippen molar-refractivity contribution in [3.63, 3.8) is 0 Å². The summed E-state index contributed by atoms with van der Waals surface area (Å²) in [5.41, 5.74) is -0.648. The molecule has 0 spiro atoms. The lowest BCUT2D eigenvalue weighted by atomic mass is 9.87. The minimum atomic E-state index is -4.63. The molecule has 0 aliphatic heterocycles. The fourth-order valence-electron chi connectivity index (χ4n) is 0.806. The van der Waals surface area contributed by atoms with Gasteiger partial charge in [0, 0.05) is 11.8 Å². The molecule has 0 aromatic carbocycles. The summed E-state index contributed by atoms with van der Waals surface area (Å²) in [6.45, 7) is 4.90. The minimum absolute atomic E-state index is 0.246. The Morgan fingerprint density at radius 2 is 1.71 bits per heavy atom. The van der Waals surface area contributed by atoms with Gasteiger partial charge in [0.25, 0.3) is 0 Å². The van der Waals surface area contributed by atoms with Gasteiger partial charge in [0.05, 0.1) is 0 Å². The fourth-order valence-corrected chi connectivity index (χ4v) is 0.806. The highest BCUT2D eigenvalue weighted by Crippen LogP contribution is 2.25. The Labute approximate surface area is 81.1 Å². The van der Waals surface area contributed by atoms with Crippen molar-refractivity contribution in [1.29, 1.82) is 0 Å². The number of aliphatic hydroxyl groups excluding tert-OH is 1. The Balaban J connectivity index is 4.03. The molecule has 0 aromatic rings. The maximum absolute atomic E-state index is 11.8. The van der Waals surface area contributed by atoms with E-state index in [0.717, 1.165) is 0 Å². The van der Waals surface area contributed by atoms with Gasteiger partial charge in [-0.05, 0) is 6.42 Å². The minimum Gasteiger partial charge on any atom is -0.384 e. The van der Waals surface area contributed by atoms with E-state index in [1.807, 2.05) is 0 Å². The SMILES string of the molecule is CC(C)(C)C(=O)CCC(O)C(F)(F)F. The van der Waals surface area contributed by atoms with Crippen molar-refractivity contribution in [2.45, 2.75) is 45.9 Å². The normalized spacial score (nSPS) is 15.4. The first-order valence-corrected chi connectivity index (χ1v) is 4.33. The molecule has 5 heteroatoms. The number of hydrogen-bond acceptors (Lipinski definition) is 2. The molecule has 0 aromatic heterocycles. The summed E-state index contributed by atoms with van der Waals surface area (Å²) in [4.78, 5) is 11.2. The summed E-state index contributed by atoms with van der Waals surface area (Å²) >= 11 is 0. The van der Waals surface area contributed by atoms with E-state index in [1.165, 1.54) is 0 Å². The topological polar surface area (TPSA) is 37.3 Å². The second-order valence-corrected chi connectivity index (χ2v) is 4.27. The molecule has 0 aliphatic carbocycles. The van der Waals surface area contributed by atoms with E-state index >= 15 is 0 Å². The van der Waals surface area contributed by atoms with Crippen LogP contribution in [0.15, 0.2) is 0 Å². The van der Waals surface area contributed by atoms with Crippen LogP contribution < -0.4 is 0 Å². The molecular weight excluding hydrogens is 197 g/mol. The number of ketones is 1. The summed E-state index contributed by atoms with van der Waals surface area (Å²) in [7, 11) is 0. The number of aliphatic hydroxyl groups is 1. The Hall–Kier alpha value is -0.580. The van der Waals surface area contributed by atoms with Crippen LogP contribution >= 0.6 is 0 Å². The monoisotopic (exact) mass is 212 g/mol. The molecule has 0 saturated heterocycles. The second-order valence-electron chi connectivity index (χ2n) is 4.27. The number of alkyl halides is 3. The maximum atomic E-state index is 11.8. The van der Waals surface area contributed by atoms with E-state index in [4.69, 9.17) is 5.11 Å². The van der Waals surface area contributed by atoms with Gasteiger partial charge in [-0.2, -0.15) is 13.2 Å². The number of carbonyl (C=O) groups excluding carboxylic acids is 1. The van der Waals surface area contributed by atoms with Crippen LogP contribution in [-0.4, -0.2) is 23.2 Å². The van der Waals surface area contributed by atoms with Crippen LogP contribution in [0.3, 0.4) is 0 Å².